The van der Waals surface area contributed by atoms with E-state index in [-0.39, 0.29) is 6.03 Å². The van der Waals surface area contributed by atoms with Gasteiger partial charge in [-0.2, -0.15) is 0 Å². The predicted molar refractivity (Wildman–Crippen MR) is 87.2 cm³/mol. The average Bonchev–Trinajstić information content (AvgIpc) is 3.28. The lowest BCUT2D eigenvalue weighted by Crippen LogP contribution is -2.41. The molecule has 1 atom stereocenters. The van der Waals surface area contributed by atoms with E-state index in [2.05, 4.69) is 10.3 Å². The standard InChI is InChI=1S/C17H22N4O2/c1-20(11-16(22)14-4-5-14)17(23)19-10-13-2-6-15(7-3-13)21-9-8-18-12-21/h2-3,6-9,12,14,16,22H,4-5,10-11H2,1H3,(H,19,23). The summed E-state index contributed by atoms with van der Waals surface area (Å²) in [5.74, 6) is 0.376. The molecule has 0 spiro atoms. The number of aromatic nitrogens is 2. The highest BCUT2D eigenvalue weighted by atomic mass is 16.3. The van der Waals surface area contributed by atoms with E-state index < -0.39 is 6.10 Å². The minimum absolute atomic E-state index is 0.164. The lowest BCUT2D eigenvalue weighted by molar-refractivity contribution is 0.113. The highest BCUT2D eigenvalue weighted by molar-refractivity contribution is 5.73. The Balaban J connectivity index is 1.48. The number of nitrogens with one attached hydrogen (secondary N) is 1. The minimum Gasteiger partial charge on any atom is -0.391 e. The van der Waals surface area contributed by atoms with Gasteiger partial charge in [0.1, 0.15) is 0 Å². The first-order chi connectivity index (χ1) is 11.1. The zero-order chi connectivity index (χ0) is 16.2. The summed E-state index contributed by atoms with van der Waals surface area (Å²) in [7, 11) is 1.71. The van der Waals surface area contributed by atoms with Gasteiger partial charge in [0.25, 0.3) is 0 Å². The number of imidazole rings is 1. The van der Waals surface area contributed by atoms with Crippen LogP contribution in [0.5, 0.6) is 0 Å². The van der Waals surface area contributed by atoms with E-state index in [0.717, 1.165) is 24.1 Å². The number of carbonyl (C=O) groups excluding carboxylic acids is 1. The lowest BCUT2D eigenvalue weighted by Gasteiger charge is -2.21. The molecular formula is C17H22N4O2. The van der Waals surface area contributed by atoms with Gasteiger partial charge in [-0.05, 0) is 36.5 Å². The van der Waals surface area contributed by atoms with Gasteiger partial charge in [0.05, 0.1) is 12.4 Å². The highest BCUT2D eigenvalue weighted by Crippen LogP contribution is 2.32. The van der Waals surface area contributed by atoms with Gasteiger partial charge in [0, 0.05) is 38.2 Å². The van der Waals surface area contributed by atoms with Crippen LogP contribution in [0.25, 0.3) is 5.69 Å². The van der Waals surface area contributed by atoms with Crippen molar-refractivity contribution in [1.29, 1.82) is 0 Å². The molecule has 0 aliphatic heterocycles. The van der Waals surface area contributed by atoms with Gasteiger partial charge in [-0.25, -0.2) is 9.78 Å². The minimum atomic E-state index is -0.403. The molecule has 1 aromatic heterocycles. The molecule has 1 aliphatic carbocycles. The number of carbonyl (C=O) groups is 1. The third-order valence-corrected chi connectivity index (χ3v) is 4.16. The van der Waals surface area contributed by atoms with Crippen molar-refractivity contribution in [3.8, 4) is 5.69 Å². The first-order valence-corrected chi connectivity index (χ1v) is 7.88. The first-order valence-electron chi connectivity index (χ1n) is 7.88. The maximum Gasteiger partial charge on any atom is 0.317 e. The molecule has 0 radical (unpaired) electrons. The molecule has 2 amide bonds. The van der Waals surface area contributed by atoms with Crippen LogP contribution in [-0.2, 0) is 6.54 Å². The van der Waals surface area contributed by atoms with Crippen molar-refractivity contribution in [1.82, 2.24) is 19.8 Å². The molecule has 2 aromatic rings. The fourth-order valence-corrected chi connectivity index (χ4v) is 2.50. The Hall–Kier alpha value is -2.34. The number of nitrogens with zero attached hydrogens (tertiary/aromatic N) is 3. The Labute approximate surface area is 135 Å². The van der Waals surface area contributed by atoms with Crippen LogP contribution in [0.1, 0.15) is 18.4 Å². The molecule has 1 heterocycles. The molecule has 23 heavy (non-hydrogen) atoms. The number of amides is 2. The second kappa shape index (κ2) is 6.83. The number of rotatable bonds is 6. The van der Waals surface area contributed by atoms with Crippen molar-refractivity contribution in [2.24, 2.45) is 5.92 Å². The molecule has 6 nitrogen and oxygen atoms in total. The van der Waals surface area contributed by atoms with Crippen LogP contribution in [-0.4, -0.2) is 45.3 Å². The monoisotopic (exact) mass is 314 g/mol. The number of hydrogen-bond acceptors (Lipinski definition) is 3. The van der Waals surface area contributed by atoms with Crippen molar-refractivity contribution in [3.63, 3.8) is 0 Å². The van der Waals surface area contributed by atoms with E-state index in [1.807, 2.05) is 35.0 Å². The van der Waals surface area contributed by atoms with Gasteiger partial charge in [-0.1, -0.05) is 12.1 Å². The normalized spacial score (nSPS) is 15.2. The predicted octanol–water partition coefficient (Wildman–Crippen LogP) is 1.78. The Bertz CT molecular complexity index is 635. The van der Waals surface area contributed by atoms with E-state index in [1.54, 1.807) is 24.5 Å². The second-order valence-corrected chi connectivity index (χ2v) is 6.08. The molecule has 1 unspecified atom stereocenters. The van der Waals surface area contributed by atoms with Crippen molar-refractivity contribution in [3.05, 3.63) is 48.5 Å². The quantitative estimate of drug-likeness (QED) is 0.854. The molecule has 1 fully saturated rings. The van der Waals surface area contributed by atoms with Crippen LogP contribution >= 0.6 is 0 Å². The Morgan fingerprint density at radius 3 is 2.78 bits per heavy atom. The van der Waals surface area contributed by atoms with Crippen LogP contribution in [0.15, 0.2) is 43.0 Å². The summed E-state index contributed by atoms with van der Waals surface area (Å²) in [4.78, 5) is 17.6. The number of urea groups is 1. The van der Waals surface area contributed by atoms with Crippen LogP contribution in [0.2, 0.25) is 0 Å². The summed E-state index contributed by atoms with van der Waals surface area (Å²) in [5.41, 5.74) is 2.06. The second-order valence-electron chi connectivity index (χ2n) is 6.08. The third-order valence-electron chi connectivity index (χ3n) is 4.16. The van der Waals surface area contributed by atoms with Gasteiger partial charge in [0.2, 0.25) is 0 Å². The van der Waals surface area contributed by atoms with E-state index in [0.29, 0.717) is 19.0 Å². The molecule has 1 saturated carbocycles. The summed E-state index contributed by atoms with van der Waals surface area (Å²) in [5, 5.41) is 12.8. The van der Waals surface area contributed by atoms with Crippen molar-refractivity contribution in [2.75, 3.05) is 13.6 Å². The van der Waals surface area contributed by atoms with E-state index in [9.17, 15) is 9.90 Å². The van der Waals surface area contributed by atoms with Gasteiger partial charge < -0.3 is 19.9 Å². The lowest BCUT2D eigenvalue weighted by atomic mass is 10.2. The fourth-order valence-electron chi connectivity index (χ4n) is 2.50. The number of hydrogen-bond donors (Lipinski definition) is 2. The number of benzene rings is 1. The van der Waals surface area contributed by atoms with E-state index >= 15 is 0 Å². The average molecular weight is 314 g/mol. The van der Waals surface area contributed by atoms with Gasteiger partial charge in [-0.15, -0.1) is 0 Å². The van der Waals surface area contributed by atoms with Gasteiger partial charge >= 0.3 is 6.03 Å². The largest absolute Gasteiger partial charge is 0.391 e. The van der Waals surface area contributed by atoms with E-state index in [1.165, 1.54) is 0 Å². The summed E-state index contributed by atoms with van der Waals surface area (Å²) >= 11 is 0. The number of aliphatic hydroxyl groups excluding tert-OH is 1. The maximum absolute atomic E-state index is 12.0. The molecule has 2 N–H and O–H groups in total. The molecule has 6 heteroatoms. The summed E-state index contributed by atoms with van der Waals surface area (Å²) < 4.78 is 1.93. The number of aliphatic hydroxyl groups is 1. The topological polar surface area (TPSA) is 70.4 Å². The van der Waals surface area contributed by atoms with Gasteiger partial charge in [0.15, 0.2) is 0 Å². The molecule has 1 aromatic carbocycles. The summed E-state index contributed by atoms with van der Waals surface area (Å²) in [6.07, 6.45) is 7.11. The Morgan fingerprint density at radius 1 is 1.43 bits per heavy atom. The molecule has 3 rings (SSSR count). The van der Waals surface area contributed by atoms with Crippen LogP contribution in [0, 0.1) is 5.92 Å². The summed E-state index contributed by atoms with van der Waals surface area (Å²) in [6.45, 7) is 0.850. The molecular weight excluding hydrogens is 292 g/mol. The number of likely N-dealkylation sites (N-methyl/N-ethyl adjacent to an activating group) is 1. The van der Waals surface area contributed by atoms with Crippen molar-refractivity contribution >= 4 is 6.03 Å². The molecule has 122 valence electrons. The highest BCUT2D eigenvalue weighted by Gasteiger charge is 2.31. The van der Waals surface area contributed by atoms with Gasteiger partial charge in [-0.3, -0.25) is 0 Å². The third kappa shape index (κ3) is 4.10. The molecule has 1 aliphatic rings. The molecule has 0 bridgehead atoms. The van der Waals surface area contributed by atoms with Crippen molar-refractivity contribution in [2.45, 2.75) is 25.5 Å². The maximum atomic E-state index is 12.0. The summed E-state index contributed by atoms with van der Waals surface area (Å²) in [6, 6.07) is 7.78. The van der Waals surface area contributed by atoms with Crippen LogP contribution < -0.4 is 5.32 Å². The van der Waals surface area contributed by atoms with Crippen LogP contribution in [0.3, 0.4) is 0 Å². The van der Waals surface area contributed by atoms with E-state index in [4.69, 9.17) is 0 Å². The molecule has 0 saturated heterocycles. The van der Waals surface area contributed by atoms with Crippen molar-refractivity contribution < 1.29 is 9.90 Å². The zero-order valence-electron chi connectivity index (χ0n) is 13.2. The van der Waals surface area contributed by atoms with Crippen LogP contribution in [0.4, 0.5) is 4.79 Å². The first kappa shape index (κ1) is 15.6. The smallest absolute Gasteiger partial charge is 0.317 e. The Morgan fingerprint density at radius 2 is 2.17 bits per heavy atom. The SMILES string of the molecule is CN(CC(O)C1CC1)C(=O)NCc1ccc(-n2ccnc2)cc1. The zero-order valence-corrected chi connectivity index (χ0v) is 13.2. The fraction of sp³-hybridized carbons (Fsp3) is 0.412. The Kier molecular flexibility index (Phi) is 4.62.